The maximum atomic E-state index is 12.6. The molecule has 2 saturated carbocycles. The van der Waals surface area contributed by atoms with E-state index in [1.54, 1.807) is 0 Å². The first-order valence-corrected chi connectivity index (χ1v) is 21.0. The van der Waals surface area contributed by atoms with Gasteiger partial charge in [0.15, 0.2) is 23.0 Å². The van der Waals surface area contributed by atoms with Gasteiger partial charge in [-0.3, -0.25) is 14.4 Å². The van der Waals surface area contributed by atoms with Gasteiger partial charge in [-0.05, 0) is 125 Å². The second-order valence-electron chi connectivity index (χ2n) is 14.9. The number of rotatable bonds is 13. The molecular formula is C39H51N15O3S2. The summed E-state index contributed by atoms with van der Waals surface area (Å²) in [5, 5.41) is 17.6. The van der Waals surface area contributed by atoms with Gasteiger partial charge in [0.1, 0.15) is 21.6 Å². The second kappa shape index (κ2) is 19.6. The molecule has 0 saturated heterocycles. The summed E-state index contributed by atoms with van der Waals surface area (Å²) in [4.78, 5) is 55.4. The van der Waals surface area contributed by atoms with Crippen LogP contribution in [0.1, 0.15) is 94.1 Å². The van der Waals surface area contributed by atoms with E-state index in [-0.39, 0.29) is 35.4 Å². The summed E-state index contributed by atoms with van der Waals surface area (Å²) >= 11 is 2.56. The number of carbonyl (C=O) groups is 3. The Balaban J connectivity index is 0.000000213. The number of benzene rings is 1. The van der Waals surface area contributed by atoms with Gasteiger partial charge in [-0.15, -0.1) is 0 Å². The maximum Gasteiger partial charge on any atom is 0.271 e. The van der Waals surface area contributed by atoms with E-state index < -0.39 is 11.8 Å². The Morgan fingerprint density at radius 2 is 1.12 bits per heavy atom. The van der Waals surface area contributed by atoms with Crippen LogP contribution in [0.3, 0.4) is 0 Å². The van der Waals surface area contributed by atoms with Crippen LogP contribution >= 0.6 is 23.1 Å². The minimum atomic E-state index is -0.652. The number of aromatic nitrogens is 6. The molecule has 11 N–H and O–H groups in total. The van der Waals surface area contributed by atoms with Crippen molar-refractivity contribution < 1.29 is 14.4 Å². The highest BCUT2D eigenvalue weighted by Crippen LogP contribution is 2.27. The number of amides is 3. The summed E-state index contributed by atoms with van der Waals surface area (Å²) < 4.78 is 8.43. The first-order chi connectivity index (χ1) is 28.3. The molecule has 20 heteroatoms. The lowest BCUT2D eigenvalue weighted by atomic mass is 9.91. The number of primary amides is 2. The zero-order valence-electron chi connectivity index (χ0n) is 33.5. The Bertz CT molecular complexity index is 2210. The van der Waals surface area contributed by atoms with Crippen LogP contribution in [0.4, 0.5) is 39.0 Å². The van der Waals surface area contributed by atoms with Crippen molar-refractivity contribution in [3.8, 4) is 0 Å². The zero-order valence-corrected chi connectivity index (χ0v) is 35.1. The monoisotopic (exact) mass is 841 g/mol. The van der Waals surface area contributed by atoms with Gasteiger partial charge in [-0.1, -0.05) is 0 Å². The third kappa shape index (κ3) is 12.0. The molecule has 3 amide bonds. The quantitative estimate of drug-likeness (QED) is 0.0769. The van der Waals surface area contributed by atoms with Crippen LogP contribution in [-0.2, 0) is 0 Å². The van der Waals surface area contributed by atoms with E-state index in [1.807, 2.05) is 69.2 Å². The lowest BCUT2D eigenvalue weighted by Crippen LogP contribution is -2.40. The Morgan fingerprint density at radius 3 is 1.53 bits per heavy atom. The molecule has 7 rings (SSSR count). The lowest BCUT2D eigenvalue weighted by Gasteiger charge is -2.30. The van der Waals surface area contributed by atoms with Crippen LogP contribution in [0.5, 0.6) is 0 Å². The van der Waals surface area contributed by atoms with E-state index in [0.29, 0.717) is 34.9 Å². The van der Waals surface area contributed by atoms with E-state index in [0.717, 1.165) is 78.4 Å². The molecule has 2 fully saturated rings. The van der Waals surface area contributed by atoms with Crippen molar-refractivity contribution in [1.29, 1.82) is 0 Å². The van der Waals surface area contributed by atoms with Crippen LogP contribution in [0, 0.1) is 13.8 Å². The molecule has 2 aliphatic rings. The molecule has 1 aromatic carbocycles. The second-order valence-corrected chi connectivity index (χ2v) is 16.5. The van der Waals surface area contributed by atoms with Crippen LogP contribution in [0.15, 0.2) is 48.8 Å². The van der Waals surface area contributed by atoms with Gasteiger partial charge in [-0.2, -0.15) is 8.75 Å². The number of aryl methyl sites for hydroxylation is 2. The largest absolute Gasteiger partial charge is 0.378 e. The van der Waals surface area contributed by atoms with E-state index in [4.69, 9.17) is 17.2 Å². The number of hydrogen-bond acceptors (Lipinski definition) is 17. The number of nitrogens with zero attached hydrogens (tertiary/aromatic N) is 7. The Hall–Kier alpha value is -5.99. The highest BCUT2D eigenvalue weighted by atomic mass is 32.1. The Morgan fingerprint density at radius 1 is 0.678 bits per heavy atom. The smallest absolute Gasteiger partial charge is 0.271 e. The molecule has 0 aliphatic heterocycles. The third-order valence-corrected chi connectivity index (χ3v) is 11.5. The fourth-order valence-electron chi connectivity index (χ4n) is 6.77. The maximum absolute atomic E-state index is 12.6. The van der Waals surface area contributed by atoms with E-state index >= 15 is 0 Å². The first-order valence-electron chi connectivity index (χ1n) is 19.4. The molecule has 0 radical (unpaired) electrons. The van der Waals surface area contributed by atoms with Crippen molar-refractivity contribution in [1.82, 2.24) is 34.0 Å². The summed E-state index contributed by atoms with van der Waals surface area (Å²) in [5.74, 6) is 0.489. The van der Waals surface area contributed by atoms with Crippen molar-refractivity contribution in [3.63, 3.8) is 0 Å². The molecule has 4 aromatic heterocycles. The van der Waals surface area contributed by atoms with Gasteiger partial charge in [0.05, 0.1) is 23.8 Å². The predicted molar refractivity (Wildman–Crippen MR) is 233 cm³/mol. The van der Waals surface area contributed by atoms with E-state index in [1.165, 1.54) is 35.5 Å². The van der Waals surface area contributed by atoms with Crippen molar-refractivity contribution in [2.75, 3.05) is 40.3 Å². The molecule has 4 heterocycles. The molecule has 0 unspecified atom stereocenters. The zero-order chi connectivity index (χ0) is 42.1. The van der Waals surface area contributed by atoms with Crippen molar-refractivity contribution in [2.45, 2.75) is 89.4 Å². The van der Waals surface area contributed by atoms with Crippen LogP contribution in [-0.4, -0.2) is 84.7 Å². The standard InChI is InChI=1S/C24H30N8O2S.C15H21N7OS/c1-14-12-20(35-31-14)30-23-21(22(25)33)26-13-19(29-23)27-16-6-8-17(9-7-16)28-24(34)15-4-10-18(11-5-15)32(2)3;1-8-6-12(24-22-8)21-15-13(14(17)23)18-7-11(20-15)19-10-4-2-9(16)3-5-10/h4-5,10-13,16-17H,6-9H2,1-3H3,(H2,25,33)(H,28,34)(H2,27,29,30);6-7,9-10H,2-5,16H2,1H3,(H2,17,23)(H2,19,20,21). The number of nitrogens with one attached hydrogen (secondary N) is 5. The average Bonchev–Trinajstić information content (AvgIpc) is 3.82. The normalized spacial score (nSPS) is 18.7. The molecule has 312 valence electrons. The predicted octanol–water partition coefficient (Wildman–Crippen LogP) is 5.07. The number of nitrogens with two attached hydrogens (primary N) is 3. The molecule has 59 heavy (non-hydrogen) atoms. The van der Waals surface area contributed by atoms with Gasteiger partial charge in [0.25, 0.3) is 17.7 Å². The third-order valence-electron chi connectivity index (χ3n) is 9.94. The summed E-state index contributed by atoms with van der Waals surface area (Å²) in [7, 11) is 3.94. The number of hydrogen-bond donors (Lipinski definition) is 8. The molecule has 18 nitrogen and oxygen atoms in total. The van der Waals surface area contributed by atoms with Gasteiger partial charge in [0.2, 0.25) is 0 Å². The minimum Gasteiger partial charge on any atom is -0.378 e. The van der Waals surface area contributed by atoms with Crippen LogP contribution < -0.4 is 48.7 Å². The van der Waals surface area contributed by atoms with Gasteiger partial charge >= 0.3 is 0 Å². The van der Waals surface area contributed by atoms with Gasteiger partial charge < -0.3 is 48.7 Å². The van der Waals surface area contributed by atoms with Crippen molar-refractivity contribution in [3.05, 3.63) is 77.1 Å². The summed E-state index contributed by atoms with van der Waals surface area (Å²) in [6.45, 7) is 3.79. The summed E-state index contributed by atoms with van der Waals surface area (Å²) in [6.07, 6.45) is 10.5. The molecule has 0 spiro atoms. The molecule has 5 aromatic rings. The number of anilines is 7. The Labute approximate surface area is 350 Å². The first kappa shape index (κ1) is 42.6. The van der Waals surface area contributed by atoms with Crippen molar-refractivity contribution >= 4 is 79.7 Å². The van der Waals surface area contributed by atoms with E-state index in [9.17, 15) is 14.4 Å². The summed E-state index contributed by atoms with van der Waals surface area (Å²) in [6, 6.07) is 12.3. The fourth-order valence-corrected chi connectivity index (χ4v) is 8.10. The van der Waals surface area contributed by atoms with Gasteiger partial charge in [-0.25, -0.2) is 19.9 Å². The highest BCUT2D eigenvalue weighted by molar-refractivity contribution is 7.10. The van der Waals surface area contributed by atoms with Crippen LogP contribution in [0.25, 0.3) is 0 Å². The van der Waals surface area contributed by atoms with Crippen LogP contribution in [0.2, 0.25) is 0 Å². The molecule has 0 atom stereocenters. The molecule has 2 aliphatic carbocycles. The molecule has 0 bridgehead atoms. The van der Waals surface area contributed by atoms with Gasteiger partial charge in [0, 0.05) is 49.5 Å². The highest BCUT2D eigenvalue weighted by Gasteiger charge is 2.25. The summed E-state index contributed by atoms with van der Waals surface area (Å²) in [5.41, 5.74) is 20.5. The van der Waals surface area contributed by atoms with E-state index in [2.05, 4.69) is 55.3 Å². The topological polar surface area (TPSA) is 270 Å². The average molecular weight is 842 g/mol. The molecular weight excluding hydrogens is 791 g/mol. The number of carbonyl (C=O) groups excluding carboxylic acids is 3. The van der Waals surface area contributed by atoms with Crippen molar-refractivity contribution in [2.24, 2.45) is 17.2 Å². The minimum absolute atomic E-state index is 0.0476. The Kier molecular flexibility index (Phi) is 14.2. The lowest BCUT2D eigenvalue weighted by molar-refractivity contribution is 0.0924. The fraction of sp³-hybridized carbons (Fsp3) is 0.410. The SMILES string of the molecule is Cc1cc(Nc2nc(NC3CCC(N)CC3)cnc2C(N)=O)sn1.Cc1cc(Nc2nc(NC3CCC(NC(=O)c4ccc(N(C)C)cc4)CC3)cnc2C(N)=O)sn1.